The van der Waals surface area contributed by atoms with Crippen molar-refractivity contribution in [2.24, 2.45) is 0 Å². The van der Waals surface area contributed by atoms with Crippen molar-refractivity contribution in [3.63, 3.8) is 0 Å². The molecule has 116 valence electrons. The van der Waals surface area contributed by atoms with Gasteiger partial charge in [-0.1, -0.05) is 23.2 Å². The van der Waals surface area contributed by atoms with E-state index in [0.29, 0.717) is 16.1 Å². The van der Waals surface area contributed by atoms with Crippen LogP contribution in [0.15, 0.2) is 36.5 Å². The number of nitrogens with zero attached hydrogens (tertiary/aromatic N) is 2. The Bertz CT molecular complexity index is 628. The molecule has 1 aliphatic heterocycles. The van der Waals surface area contributed by atoms with Crippen molar-refractivity contribution in [2.45, 2.75) is 19.0 Å². The molecule has 3 rings (SSSR count). The Morgan fingerprint density at radius 3 is 2.68 bits per heavy atom. The lowest BCUT2D eigenvalue weighted by Gasteiger charge is -2.18. The first-order valence-electron chi connectivity index (χ1n) is 7.15. The van der Waals surface area contributed by atoms with E-state index >= 15 is 0 Å². The highest BCUT2D eigenvalue weighted by Gasteiger charge is 2.22. The molecular formula is C16H16Cl2FN3. The SMILES string of the molecule is Fc1ccc(N2CC[C@H](NCc3cc(Cl)cc(Cl)c3)C2)cn1. The molecule has 0 bridgehead atoms. The second-order valence-corrected chi connectivity index (χ2v) is 6.30. The third-order valence-corrected chi connectivity index (χ3v) is 4.22. The molecule has 1 aromatic carbocycles. The molecule has 3 nitrogen and oxygen atoms in total. The minimum Gasteiger partial charge on any atom is -0.369 e. The lowest BCUT2D eigenvalue weighted by atomic mass is 10.2. The summed E-state index contributed by atoms with van der Waals surface area (Å²) in [6.07, 6.45) is 2.61. The van der Waals surface area contributed by atoms with Gasteiger partial charge in [0.25, 0.3) is 0 Å². The summed E-state index contributed by atoms with van der Waals surface area (Å²) in [5.41, 5.74) is 2.02. The highest BCUT2D eigenvalue weighted by molar-refractivity contribution is 6.34. The zero-order valence-electron chi connectivity index (χ0n) is 11.9. The van der Waals surface area contributed by atoms with Crippen molar-refractivity contribution in [1.29, 1.82) is 0 Å². The molecule has 1 atom stereocenters. The van der Waals surface area contributed by atoms with Gasteiger partial charge in [0.1, 0.15) is 0 Å². The van der Waals surface area contributed by atoms with Crippen molar-refractivity contribution in [2.75, 3.05) is 18.0 Å². The van der Waals surface area contributed by atoms with Crippen molar-refractivity contribution in [3.8, 4) is 0 Å². The number of pyridine rings is 1. The summed E-state index contributed by atoms with van der Waals surface area (Å²) in [4.78, 5) is 5.91. The Balaban J connectivity index is 1.55. The van der Waals surface area contributed by atoms with Crippen LogP contribution in [0.25, 0.3) is 0 Å². The van der Waals surface area contributed by atoms with Crippen LogP contribution in [0, 0.1) is 5.95 Å². The van der Waals surface area contributed by atoms with Gasteiger partial charge in [-0.2, -0.15) is 4.39 Å². The number of halogens is 3. The van der Waals surface area contributed by atoms with Crippen LogP contribution in [0.4, 0.5) is 10.1 Å². The second kappa shape index (κ2) is 6.82. The average Bonchev–Trinajstić information content (AvgIpc) is 2.94. The molecule has 0 radical (unpaired) electrons. The quantitative estimate of drug-likeness (QED) is 0.856. The summed E-state index contributed by atoms with van der Waals surface area (Å²) in [5, 5.41) is 4.81. The second-order valence-electron chi connectivity index (χ2n) is 5.43. The van der Waals surface area contributed by atoms with Gasteiger partial charge in [0, 0.05) is 35.7 Å². The minimum absolute atomic E-state index is 0.378. The summed E-state index contributed by atoms with van der Waals surface area (Å²) in [6, 6.07) is 9.09. The monoisotopic (exact) mass is 339 g/mol. The molecule has 1 N–H and O–H groups in total. The normalized spacial score (nSPS) is 18.0. The van der Waals surface area contributed by atoms with Gasteiger partial charge >= 0.3 is 0 Å². The maximum Gasteiger partial charge on any atom is 0.212 e. The first-order valence-corrected chi connectivity index (χ1v) is 7.90. The third kappa shape index (κ3) is 3.88. The Hall–Kier alpha value is -1.36. The van der Waals surface area contributed by atoms with Crippen LogP contribution in [0.3, 0.4) is 0 Å². The number of benzene rings is 1. The number of aromatic nitrogens is 1. The van der Waals surface area contributed by atoms with Crippen LogP contribution in [0.5, 0.6) is 0 Å². The summed E-state index contributed by atoms with van der Waals surface area (Å²) in [5.74, 6) is -0.449. The molecule has 0 unspecified atom stereocenters. The van der Waals surface area contributed by atoms with Crippen LogP contribution >= 0.6 is 23.2 Å². The van der Waals surface area contributed by atoms with E-state index in [-0.39, 0.29) is 0 Å². The fourth-order valence-electron chi connectivity index (χ4n) is 2.69. The van der Waals surface area contributed by atoms with Crippen molar-refractivity contribution in [1.82, 2.24) is 10.3 Å². The van der Waals surface area contributed by atoms with E-state index in [9.17, 15) is 4.39 Å². The molecular weight excluding hydrogens is 324 g/mol. The Labute approximate surface area is 139 Å². The largest absolute Gasteiger partial charge is 0.369 e. The van der Waals surface area contributed by atoms with Crippen molar-refractivity contribution >= 4 is 28.9 Å². The molecule has 2 heterocycles. The van der Waals surface area contributed by atoms with E-state index < -0.39 is 5.95 Å². The molecule has 0 spiro atoms. The molecule has 0 amide bonds. The van der Waals surface area contributed by atoms with E-state index in [1.807, 2.05) is 12.1 Å². The number of hydrogen-bond donors (Lipinski definition) is 1. The van der Waals surface area contributed by atoms with E-state index in [4.69, 9.17) is 23.2 Å². The molecule has 2 aromatic rings. The standard InChI is InChI=1S/C16H16Cl2FN3/c17-12-5-11(6-13(18)7-12)8-20-14-3-4-22(10-14)15-1-2-16(19)21-9-15/h1-2,5-7,9,14,20H,3-4,8,10H2/t14-/m0/s1. The molecule has 1 saturated heterocycles. The van der Waals surface area contributed by atoms with E-state index in [1.54, 1.807) is 18.3 Å². The van der Waals surface area contributed by atoms with Crippen LogP contribution in [0.1, 0.15) is 12.0 Å². The van der Waals surface area contributed by atoms with Gasteiger partial charge < -0.3 is 10.2 Å². The van der Waals surface area contributed by atoms with Crippen molar-refractivity contribution in [3.05, 3.63) is 58.1 Å². The van der Waals surface area contributed by atoms with E-state index in [0.717, 1.165) is 37.3 Å². The molecule has 0 saturated carbocycles. The van der Waals surface area contributed by atoms with Crippen LogP contribution in [-0.4, -0.2) is 24.1 Å². The van der Waals surface area contributed by atoms with Crippen LogP contribution in [0.2, 0.25) is 10.0 Å². The lowest BCUT2D eigenvalue weighted by Crippen LogP contribution is -2.32. The van der Waals surface area contributed by atoms with E-state index in [1.165, 1.54) is 6.07 Å². The molecule has 1 fully saturated rings. The number of nitrogens with one attached hydrogen (secondary N) is 1. The Morgan fingerprint density at radius 1 is 1.23 bits per heavy atom. The highest BCUT2D eigenvalue weighted by Crippen LogP contribution is 2.21. The van der Waals surface area contributed by atoms with Gasteiger partial charge in [0.05, 0.1) is 11.9 Å². The number of anilines is 1. The first kappa shape index (κ1) is 15.5. The van der Waals surface area contributed by atoms with Gasteiger partial charge in [0.15, 0.2) is 0 Å². The highest BCUT2D eigenvalue weighted by atomic mass is 35.5. The first-order chi connectivity index (χ1) is 10.6. The van der Waals surface area contributed by atoms with Crippen LogP contribution < -0.4 is 10.2 Å². The van der Waals surface area contributed by atoms with Crippen LogP contribution in [-0.2, 0) is 6.54 Å². The van der Waals surface area contributed by atoms with Crippen molar-refractivity contribution < 1.29 is 4.39 Å². The van der Waals surface area contributed by atoms with Gasteiger partial charge in [-0.15, -0.1) is 0 Å². The third-order valence-electron chi connectivity index (χ3n) is 3.78. The predicted molar refractivity (Wildman–Crippen MR) is 88.1 cm³/mol. The maximum atomic E-state index is 12.9. The maximum absolute atomic E-state index is 12.9. The fraction of sp³-hybridized carbons (Fsp3) is 0.312. The predicted octanol–water partition coefficient (Wildman–Crippen LogP) is 3.90. The Kier molecular flexibility index (Phi) is 4.81. The zero-order valence-corrected chi connectivity index (χ0v) is 13.4. The molecule has 6 heteroatoms. The summed E-state index contributed by atoms with van der Waals surface area (Å²) in [7, 11) is 0. The van der Waals surface area contributed by atoms with Gasteiger partial charge in [-0.05, 0) is 42.3 Å². The fourth-order valence-corrected chi connectivity index (χ4v) is 3.26. The summed E-state index contributed by atoms with van der Waals surface area (Å²) >= 11 is 12.0. The van der Waals surface area contributed by atoms with E-state index in [2.05, 4.69) is 15.2 Å². The molecule has 1 aliphatic rings. The molecule has 1 aromatic heterocycles. The smallest absolute Gasteiger partial charge is 0.212 e. The van der Waals surface area contributed by atoms with Gasteiger partial charge in [-0.25, -0.2) is 4.98 Å². The summed E-state index contributed by atoms with van der Waals surface area (Å²) < 4.78 is 12.9. The zero-order chi connectivity index (χ0) is 15.5. The summed E-state index contributed by atoms with van der Waals surface area (Å²) in [6.45, 7) is 2.53. The molecule has 0 aliphatic carbocycles. The number of hydrogen-bond acceptors (Lipinski definition) is 3. The minimum atomic E-state index is -0.449. The topological polar surface area (TPSA) is 28.2 Å². The average molecular weight is 340 g/mol. The Morgan fingerprint density at radius 2 is 2.00 bits per heavy atom. The molecule has 22 heavy (non-hydrogen) atoms. The van der Waals surface area contributed by atoms with Gasteiger partial charge in [0.2, 0.25) is 5.95 Å². The number of rotatable bonds is 4. The lowest BCUT2D eigenvalue weighted by molar-refractivity contribution is 0.551. The van der Waals surface area contributed by atoms with Gasteiger partial charge in [-0.3, -0.25) is 0 Å².